The molecule has 0 aliphatic rings. The SMILES string of the molecule is CNc1nnc(SCC(=O)Nc2ccc(OCc3ccccc3)cc2)s1. The van der Waals surface area contributed by atoms with Crippen LogP contribution in [0.5, 0.6) is 5.75 Å². The Morgan fingerprint density at radius 2 is 1.88 bits per heavy atom. The first-order chi connectivity index (χ1) is 12.7. The molecule has 2 aromatic carbocycles. The van der Waals surface area contributed by atoms with Crippen molar-refractivity contribution < 1.29 is 9.53 Å². The zero-order chi connectivity index (χ0) is 18.2. The second-order valence-electron chi connectivity index (χ2n) is 5.26. The third-order valence-corrected chi connectivity index (χ3v) is 5.41. The van der Waals surface area contributed by atoms with Crippen molar-refractivity contribution in [1.29, 1.82) is 0 Å². The molecule has 2 N–H and O–H groups in total. The molecule has 0 radical (unpaired) electrons. The molecule has 0 unspecified atom stereocenters. The van der Waals surface area contributed by atoms with Gasteiger partial charge in [0.1, 0.15) is 12.4 Å². The highest BCUT2D eigenvalue weighted by atomic mass is 32.2. The van der Waals surface area contributed by atoms with Crippen LogP contribution in [-0.2, 0) is 11.4 Å². The van der Waals surface area contributed by atoms with Gasteiger partial charge in [-0.1, -0.05) is 53.4 Å². The fourth-order valence-electron chi connectivity index (χ4n) is 2.07. The molecule has 0 spiro atoms. The van der Waals surface area contributed by atoms with Gasteiger partial charge in [0.15, 0.2) is 4.34 Å². The molecule has 134 valence electrons. The van der Waals surface area contributed by atoms with Crippen molar-refractivity contribution >= 4 is 39.8 Å². The quantitative estimate of drug-likeness (QED) is 0.572. The molecule has 0 aliphatic carbocycles. The smallest absolute Gasteiger partial charge is 0.234 e. The van der Waals surface area contributed by atoms with Crippen LogP contribution in [0.25, 0.3) is 0 Å². The number of thioether (sulfide) groups is 1. The van der Waals surface area contributed by atoms with E-state index in [0.717, 1.165) is 26.5 Å². The number of carbonyl (C=O) groups is 1. The lowest BCUT2D eigenvalue weighted by molar-refractivity contribution is -0.113. The molecule has 0 aliphatic heterocycles. The lowest BCUT2D eigenvalue weighted by atomic mass is 10.2. The first kappa shape index (κ1) is 18.2. The molecule has 6 nitrogen and oxygen atoms in total. The highest BCUT2D eigenvalue weighted by Gasteiger charge is 2.08. The number of nitrogens with zero attached hydrogens (tertiary/aromatic N) is 2. The van der Waals surface area contributed by atoms with Crippen LogP contribution in [0, 0.1) is 0 Å². The van der Waals surface area contributed by atoms with Gasteiger partial charge in [0.2, 0.25) is 11.0 Å². The van der Waals surface area contributed by atoms with Gasteiger partial charge in [-0.25, -0.2) is 0 Å². The molecule has 26 heavy (non-hydrogen) atoms. The zero-order valence-corrected chi connectivity index (χ0v) is 15.8. The van der Waals surface area contributed by atoms with Crippen LogP contribution in [0.3, 0.4) is 0 Å². The van der Waals surface area contributed by atoms with Crippen LogP contribution in [0.4, 0.5) is 10.8 Å². The van der Waals surface area contributed by atoms with Gasteiger partial charge in [-0.15, -0.1) is 10.2 Å². The lowest BCUT2D eigenvalue weighted by Gasteiger charge is -2.08. The number of amides is 1. The Kier molecular flexibility index (Phi) is 6.45. The van der Waals surface area contributed by atoms with E-state index in [0.29, 0.717) is 6.61 Å². The molecule has 0 saturated carbocycles. The van der Waals surface area contributed by atoms with E-state index < -0.39 is 0 Å². The van der Waals surface area contributed by atoms with Gasteiger partial charge >= 0.3 is 0 Å². The molecule has 3 rings (SSSR count). The summed E-state index contributed by atoms with van der Waals surface area (Å²) in [4.78, 5) is 12.0. The number of hydrogen-bond acceptors (Lipinski definition) is 7. The predicted molar refractivity (Wildman–Crippen MR) is 106 cm³/mol. The Balaban J connectivity index is 1.45. The number of benzene rings is 2. The molecule has 3 aromatic rings. The van der Waals surface area contributed by atoms with E-state index in [1.807, 2.05) is 54.6 Å². The molecule has 1 aromatic heterocycles. The maximum atomic E-state index is 12.0. The van der Waals surface area contributed by atoms with Crippen LogP contribution in [0.1, 0.15) is 5.56 Å². The van der Waals surface area contributed by atoms with Gasteiger partial charge in [0.05, 0.1) is 5.75 Å². The van der Waals surface area contributed by atoms with E-state index in [9.17, 15) is 4.79 Å². The first-order valence-corrected chi connectivity index (χ1v) is 9.74. The van der Waals surface area contributed by atoms with Crippen molar-refractivity contribution in [2.45, 2.75) is 10.9 Å². The maximum Gasteiger partial charge on any atom is 0.234 e. The molecule has 1 heterocycles. The third kappa shape index (κ3) is 5.47. The van der Waals surface area contributed by atoms with Crippen LogP contribution in [-0.4, -0.2) is 28.9 Å². The van der Waals surface area contributed by atoms with E-state index in [4.69, 9.17) is 4.74 Å². The summed E-state index contributed by atoms with van der Waals surface area (Å²) in [7, 11) is 1.79. The van der Waals surface area contributed by atoms with Crippen molar-refractivity contribution in [2.24, 2.45) is 0 Å². The van der Waals surface area contributed by atoms with E-state index >= 15 is 0 Å². The van der Waals surface area contributed by atoms with Crippen molar-refractivity contribution in [2.75, 3.05) is 23.4 Å². The predicted octanol–water partition coefficient (Wildman–Crippen LogP) is 3.89. The average Bonchev–Trinajstić information content (AvgIpc) is 3.15. The van der Waals surface area contributed by atoms with Crippen molar-refractivity contribution in [3.8, 4) is 5.75 Å². The third-order valence-electron chi connectivity index (χ3n) is 3.33. The van der Waals surface area contributed by atoms with Gasteiger partial charge in [-0.3, -0.25) is 4.79 Å². The summed E-state index contributed by atoms with van der Waals surface area (Å²) >= 11 is 2.78. The van der Waals surface area contributed by atoms with E-state index in [1.165, 1.54) is 23.1 Å². The standard InChI is InChI=1S/C18H18N4O2S2/c1-19-17-21-22-18(26-17)25-12-16(23)20-14-7-9-15(10-8-14)24-11-13-5-3-2-4-6-13/h2-10H,11-12H2,1H3,(H,19,21)(H,20,23). The summed E-state index contributed by atoms with van der Waals surface area (Å²) in [5.74, 6) is 0.953. The molecule has 0 saturated heterocycles. The van der Waals surface area contributed by atoms with Gasteiger partial charge in [-0.2, -0.15) is 0 Å². The summed E-state index contributed by atoms with van der Waals surface area (Å²) in [6, 6.07) is 17.3. The topological polar surface area (TPSA) is 76.1 Å². The average molecular weight is 387 g/mol. The molecular formula is C18H18N4O2S2. The highest BCUT2D eigenvalue weighted by Crippen LogP contribution is 2.25. The Labute approximate surface area is 160 Å². The van der Waals surface area contributed by atoms with E-state index in [1.54, 1.807) is 7.05 Å². The second-order valence-corrected chi connectivity index (χ2v) is 7.46. The molecule has 8 heteroatoms. The first-order valence-electron chi connectivity index (χ1n) is 7.93. The van der Waals surface area contributed by atoms with Gasteiger partial charge in [0.25, 0.3) is 0 Å². The minimum absolute atomic E-state index is 0.0887. The van der Waals surface area contributed by atoms with Gasteiger partial charge in [-0.05, 0) is 29.8 Å². The van der Waals surface area contributed by atoms with Crippen molar-refractivity contribution in [3.63, 3.8) is 0 Å². The van der Waals surface area contributed by atoms with E-state index in [-0.39, 0.29) is 11.7 Å². The number of carbonyl (C=O) groups excluding carboxylic acids is 1. The lowest BCUT2D eigenvalue weighted by Crippen LogP contribution is -2.13. The Morgan fingerprint density at radius 1 is 1.12 bits per heavy atom. The van der Waals surface area contributed by atoms with Crippen LogP contribution >= 0.6 is 23.1 Å². The number of ether oxygens (including phenoxy) is 1. The van der Waals surface area contributed by atoms with Crippen LogP contribution in [0.15, 0.2) is 58.9 Å². The van der Waals surface area contributed by atoms with Gasteiger partial charge in [0, 0.05) is 12.7 Å². The Morgan fingerprint density at radius 3 is 2.58 bits per heavy atom. The number of rotatable bonds is 8. The van der Waals surface area contributed by atoms with E-state index in [2.05, 4.69) is 20.8 Å². The number of hydrogen-bond donors (Lipinski definition) is 2. The normalized spacial score (nSPS) is 10.3. The fraction of sp³-hybridized carbons (Fsp3) is 0.167. The highest BCUT2D eigenvalue weighted by molar-refractivity contribution is 8.01. The summed E-state index contributed by atoms with van der Waals surface area (Å²) in [6.07, 6.45) is 0. The maximum absolute atomic E-state index is 12.0. The number of nitrogens with one attached hydrogen (secondary N) is 2. The minimum Gasteiger partial charge on any atom is -0.489 e. The molecule has 0 bridgehead atoms. The molecule has 0 fully saturated rings. The molecule has 1 amide bonds. The summed E-state index contributed by atoms with van der Waals surface area (Å²) in [5.41, 5.74) is 1.84. The van der Waals surface area contributed by atoms with Crippen molar-refractivity contribution in [3.05, 3.63) is 60.2 Å². The summed E-state index contributed by atoms with van der Waals surface area (Å²) < 4.78 is 6.49. The number of anilines is 2. The zero-order valence-electron chi connectivity index (χ0n) is 14.1. The number of aromatic nitrogens is 2. The van der Waals surface area contributed by atoms with Crippen molar-refractivity contribution in [1.82, 2.24) is 10.2 Å². The molecular weight excluding hydrogens is 368 g/mol. The monoisotopic (exact) mass is 386 g/mol. The molecule has 0 atom stereocenters. The Bertz CT molecular complexity index is 838. The largest absolute Gasteiger partial charge is 0.489 e. The van der Waals surface area contributed by atoms with Crippen LogP contribution in [0.2, 0.25) is 0 Å². The second kappa shape index (κ2) is 9.21. The minimum atomic E-state index is -0.0887. The van der Waals surface area contributed by atoms with Crippen LogP contribution < -0.4 is 15.4 Å². The Hall–Kier alpha value is -2.58. The van der Waals surface area contributed by atoms with Gasteiger partial charge < -0.3 is 15.4 Å². The summed E-state index contributed by atoms with van der Waals surface area (Å²) in [6.45, 7) is 0.514. The summed E-state index contributed by atoms with van der Waals surface area (Å²) in [5, 5.41) is 14.4. The fourth-order valence-corrected chi connectivity index (χ4v) is 3.57.